The Balaban J connectivity index is 1.70. The highest BCUT2D eigenvalue weighted by molar-refractivity contribution is 5.94. The highest BCUT2D eigenvalue weighted by Gasteiger charge is 2.16. The molecular formula is C19H22N6O3. The molecule has 0 bridgehead atoms. The van der Waals surface area contributed by atoms with E-state index in [4.69, 9.17) is 0 Å². The van der Waals surface area contributed by atoms with Gasteiger partial charge in [-0.3, -0.25) is 24.3 Å². The van der Waals surface area contributed by atoms with Gasteiger partial charge in [0.1, 0.15) is 12.4 Å². The van der Waals surface area contributed by atoms with Crippen LogP contribution in [-0.4, -0.2) is 30.4 Å². The average molecular weight is 382 g/mol. The summed E-state index contributed by atoms with van der Waals surface area (Å²) in [6, 6.07) is 6.96. The molecule has 1 aromatic carbocycles. The molecule has 1 atom stereocenters. The summed E-state index contributed by atoms with van der Waals surface area (Å²) in [5.41, 5.74) is 3.16. The van der Waals surface area contributed by atoms with E-state index in [-0.39, 0.29) is 17.6 Å². The second-order valence-electron chi connectivity index (χ2n) is 6.57. The second-order valence-corrected chi connectivity index (χ2v) is 6.57. The lowest BCUT2D eigenvalue weighted by Gasteiger charge is -2.14. The van der Waals surface area contributed by atoms with E-state index >= 15 is 0 Å². The van der Waals surface area contributed by atoms with E-state index in [1.807, 2.05) is 37.7 Å². The lowest BCUT2D eigenvalue weighted by molar-refractivity contribution is -0.385. The smallest absolute Gasteiger partial charge is 0.307 e. The van der Waals surface area contributed by atoms with E-state index in [1.54, 1.807) is 18.2 Å². The number of benzene rings is 1. The summed E-state index contributed by atoms with van der Waals surface area (Å²) >= 11 is 0. The van der Waals surface area contributed by atoms with Crippen LogP contribution >= 0.6 is 0 Å². The number of amides is 1. The van der Waals surface area contributed by atoms with Crippen LogP contribution in [0.25, 0.3) is 0 Å². The summed E-state index contributed by atoms with van der Waals surface area (Å²) in [4.78, 5) is 22.9. The molecule has 9 nitrogen and oxygen atoms in total. The third-order valence-electron chi connectivity index (χ3n) is 4.49. The number of hydrogen-bond donors (Lipinski definition) is 1. The Bertz CT molecular complexity index is 1010. The Kier molecular flexibility index (Phi) is 5.53. The molecule has 0 saturated carbocycles. The largest absolute Gasteiger partial charge is 0.345 e. The molecule has 0 spiro atoms. The molecule has 1 N–H and O–H groups in total. The van der Waals surface area contributed by atoms with E-state index in [0.29, 0.717) is 12.1 Å². The summed E-state index contributed by atoms with van der Waals surface area (Å²) in [7, 11) is 0. The van der Waals surface area contributed by atoms with Crippen molar-refractivity contribution < 1.29 is 9.72 Å². The first-order valence-corrected chi connectivity index (χ1v) is 8.98. The van der Waals surface area contributed by atoms with Gasteiger partial charge in [-0.25, -0.2) is 0 Å². The van der Waals surface area contributed by atoms with E-state index < -0.39 is 4.92 Å². The van der Waals surface area contributed by atoms with Crippen LogP contribution in [0.5, 0.6) is 0 Å². The van der Waals surface area contributed by atoms with Crippen LogP contribution in [0, 0.1) is 17.0 Å². The molecule has 9 heteroatoms. The minimum Gasteiger partial charge on any atom is -0.345 e. The quantitative estimate of drug-likeness (QED) is 0.499. The van der Waals surface area contributed by atoms with Crippen LogP contribution in [0.1, 0.15) is 47.1 Å². The predicted molar refractivity (Wildman–Crippen MR) is 103 cm³/mol. The molecule has 146 valence electrons. The maximum atomic E-state index is 12.7. The number of aryl methyl sites for hydroxylation is 2. The molecule has 28 heavy (non-hydrogen) atoms. The van der Waals surface area contributed by atoms with E-state index in [1.165, 1.54) is 17.1 Å². The molecule has 0 radical (unpaired) electrons. The number of carbonyl (C=O) groups is 1. The van der Waals surface area contributed by atoms with Gasteiger partial charge in [-0.05, 0) is 38.5 Å². The molecule has 1 amide bonds. The first-order chi connectivity index (χ1) is 13.4. The van der Waals surface area contributed by atoms with Crippen LogP contribution in [0.15, 0.2) is 42.9 Å². The van der Waals surface area contributed by atoms with Crippen molar-refractivity contribution in [1.82, 2.24) is 24.9 Å². The zero-order valence-corrected chi connectivity index (χ0v) is 16.0. The van der Waals surface area contributed by atoms with Crippen molar-refractivity contribution in [3.8, 4) is 0 Å². The number of nitrogens with one attached hydrogen (secondary N) is 1. The van der Waals surface area contributed by atoms with Crippen LogP contribution in [0.3, 0.4) is 0 Å². The van der Waals surface area contributed by atoms with Gasteiger partial charge in [0, 0.05) is 23.9 Å². The van der Waals surface area contributed by atoms with Crippen LogP contribution < -0.4 is 5.32 Å². The molecule has 0 fully saturated rings. The number of nitro groups is 1. The molecular weight excluding hydrogens is 360 g/mol. The summed E-state index contributed by atoms with van der Waals surface area (Å²) in [5, 5.41) is 22.2. The standard InChI is InChI=1S/C19H22N6O3/c1-4-23-12-18(14(3)22-23)13(2)21-19(26)16-7-5-6-15(8-16)10-24-11-17(9-20-24)25(27)28/h5-9,11-13H,4,10H2,1-3H3,(H,21,26)/t13-/m1/s1. The molecule has 0 aliphatic carbocycles. The maximum Gasteiger partial charge on any atom is 0.307 e. The van der Waals surface area contributed by atoms with Gasteiger partial charge >= 0.3 is 5.69 Å². The molecule has 0 aliphatic rings. The fraction of sp³-hybridized carbons (Fsp3) is 0.316. The van der Waals surface area contributed by atoms with Gasteiger partial charge in [-0.15, -0.1) is 0 Å². The molecule has 3 aromatic rings. The second kappa shape index (κ2) is 8.03. The molecule has 0 aliphatic heterocycles. The van der Waals surface area contributed by atoms with Crippen LogP contribution in [0.2, 0.25) is 0 Å². The number of aromatic nitrogens is 4. The maximum absolute atomic E-state index is 12.7. The van der Waals surface area contributed by atoms with Gasteiger partial charge in [-0.1, -0.05) is 12.1 Å². The first kappa shape index (κ1) is 19.3. The Morgan fingerprint density at radius 3 is 2.75 bits per heavy atom. The molecule has 3 rings (SSSR count). The highest BCUT2D eigenvalue weighted by Crippen LogP contribution is 2.17. The molecule has 0 saturated heterocycles. The van der Waals surface area contributed by atoms with Crippen molar-refractivity contribution >= 4 is 11.6 Å². The molecule has 2 aromatic heterocycles. The van der Waals surface area contributed by atoms with Crippen molar-refractivity contribution in [2.24, 2.45) is 0 Å². The third kappa shape index (κ3) is 4.25. The van der Waals surface area contributed by atoms with Gasteiger partial charge in [0.05, 0.1) is 23.2 Å². The van der Waals surface area contributed by atoms with Crippen molar-refractivity contribution in [3.05, 3.63) is 75.4 Å². The van der Waals surface area contributed by atoms with Crippen molar-refractivity contribution in [1.29, 1.82) is 0 Å². The monoisotopic (exact) mass is 382 g/mol. The Hall–Kier alpha value is -3.49. The zero-order valence-electron chi connectivity index (χ0n) is 16.0. The number of rotatable bonds is 7. The lowest BCUT2D eigenvalue weighted by atomic mass is 10.1. The molecule has 2 heterocycles. The van der Waals surface area contributed by atoms with Crippen molar-refractivity contribution in [2.45, 2.75) is 39.9 Å². The highest BCUT2D eigenvalue weighted by atomic mass is 16.6. The Labute approximate surface area is 162 Å². The average Bonchev–Trinajstić information content (AvgIpc) is 3.28. The van der Waals surface area contributed by atoms with Crippen LogP contribution in [0.4, 0.5) is 5.69 Å². The SMILES string of the molecule is CCn1cc([C@@H](C)NC(=O)c2cccc(Cn3cc([N+](=O)[O-])cn3)c2)c(C)n1. The third-order valence-corrected chi connectivity index (χ3v) is 4.49. The first-order valence-electron chi connectivity index (χ1n) is 8.98. The number of hydrogen-bond acceptors (Lipinski definition) is 5. The minimum atomic E-state index is -0.489. The van der Waals surface area contributed by atoms with Gasteiger partial charge in [-0.2, -0.15) is 10.2 Å². The normalized spacial score (nSPS) is 12.0. The Morgan fingerprint density at radius 2 is 2.11 bits per heavy atom. The lowest BCUT2D eigenvalue weighted by Crippen LogP contribution is -2.27. The van der Waals surface area contributed by atoms with E-state index in [0.717, 1.165) is 23.4 Å². The fourth-order valence-corrected chi connectivity index (χ4v) is 3.01. The summed E-state index contributed by atoms with van der Waals surface area (Å²) in [5.74, 6) is -0.190. The zero-order chi connectivity index (χ0) is 20.3. The van der Waals surface area contributed by atoms with Gasteiger partial charge in [0.15, 0.2) is 0 Å². The summed E-state index contributed by atoms with van der Waals surface area (Å²) in [6.45, 7) is 6.98. The number of carbonyl (C=O) groups excluding carboxylic acids is 1. The van der Waals surface area contributed by atoms with Crippen molar-refractivity contribution in [3.63, 3.8) is 0 Å². The van der Waals surface area contributed by atoms with Crippen molar-refractivity contribution in [2.75, 3.05) is 0 Å². The fourth-order valence-electron chi connectivity index (χ4n) is 3.01. The number of nitrogens with zero attached hydrogens (tertiary/aromatic N) is 5. The summed E-state index contributed by atoms with van der Waals surface area (Å²) in [6.07, 6.45) is 4.52. The van der Waals surface area contributed by atoms with E-state index in [2.05, 4.69) is 15.5 Å². The summed E-state index contributed by atoms with van der Waals surface area (Å²) < 4.78 is 3.32. The topological polar surface area (TPSA) is 108 Å². The predicted octanol–water partition coefficient (Wildman–Crippen LogP) is 2.86. The van der Waals surface area contributed by atoms with Crippen LogP contribution in [-0.2, 0) is 13.1 Å². The Morgan fingerprint density at radius 1 is 1.32 bits per heavy atom. The minimum absolute atomic E-state index is 0.0642. The van der Waals surface area contributed by atoms with Gasteiger partial charge in [0.25, 0.3) is 5.91 Å². The van der Waals surface area contributed by atoms with Gasteiger partial charge < -0.3 is 5.32 Å². The molecule has 0 unspecified atom stereocenters. The van der Waals surface area contributed by atoms with Gasteiger partial charge in [0.2, 0.25) is 0 Å². The van der Waals surface area contributed by atoms with E-state index in [9.17, 15) is 14.9 Å².